The van der Waals surface area contributed by atoms with Gasteiger partial charge in [-0.2, -0.15) is 5.26 Å². The van der Waals surface area contributed by atoms with Crippen LogP contribution < -0.4 is 10.1 Å². The van der Waals surface area contributed by atoms with Gasteiger partial charge in [0.2, 0.25) is 5.95 Å². The van der Waals surface area contributed by atoms with Crippen LogP contribution in [-0.4, -0.2) is 23.1 Å². The number of aryl methyl sites for hydroxylation is 2. The maximum absolute atomic E-state index is 8.84. The van der Waals surface area contributed by atoms with E-state index in [-0.39, 0.29) is 0 Å². The molecule has 0 spiro atoms. The van der Waals surface area contributed by atoms with Crippen molar-refractivity contribution in [1.29, 1.82) is 5.26 Å². The van der Waals surface area contributed by atoms with E-state index < -0.39 is 0 Å². The highest BCUT2D eigenvalue weighted by atomic mass is 16.5. The summed E-state index contributed by atoms with van der Waals surface area (Å²) in [5.41, 5.74) is 2.29. The quantitative estimate of drug-likeness (QED) is 0.843. The molecule has 0 saturated carbocycles. The van der Waals surface area contributed by atoms with Gasteiger partial charge in [0.1, 0.15) is 24.1 Å². The predicted octanol–water partition coefficient (Wildman–Crippen LogP) is 2.46. The molecule has 1 aromatic carbocycles. The van der Waals surface area contributed by atoms with E-state index in [2.05, 4.69) is 15.3 Å². The molecular formula is C15H16N4O. The van der Waals surface area contributed by atoms with Crippen LogP contribution >= 0.6 is 0 Å². The molecule has 0 unspecified atom stereocenters. The van der Waals surface area contributed by atoms with Gasteiger partial charge in [-0.1, -0.05) is 12.1 Å². The smallest absolute Gasteiger partial charge is 0.224 e. The summed E-state index contributed by atoms with van der Waals surface area (Å²) in [7, 11) is 0. The molecule has 0 amide bonds. The lowest BCUT2D eigenvalue weighted by molar-refractivity contribution is 0.332. The van der Waals surface area contributed by atoms with Crippen molar-refractivity contribution in [3.05, 3.63) is 47.3 Å². The van der Waals surface area contributed by atoms with Crippen molar-refractivity contribution in [2.45, 2.75) is 13.8 Å². The van der Waals surface area contributed by atoms with Gasteiger partial charge in [-0.25, -0.2) is 9.97 Å². The van der Waals surface area contributed by atoms with Crippen LogP contribution in [0.1, 0.15) is 17.0 Å². The summed E-state index contributed by atoms with van der Waals surface area (Å²) in [5.74, 6) is 1.30. The average Bonchev–Trinajstić information content (AvgIpc) is 2.43. The van der Waals surface area contributed by atoms with E-state index in [0.29, 0.717) is 24.8 Å². The van der Waals surface area contributed by atoms with Crippen LogP contribution in [0.25, 0.3) is 0 Å². The van der Waals surface area contributed by atoms with Crippen molar-refractivity contribution in [3.63, 3.8) is 0 Å². The SMILES string of the molecule is Cc1cccc(OCCNc2nc(C)cc(C#N)n2)c1. The lowest BCUT2D eigenvalue weighted by Crippen LogP contribution is -2.14. The fourth-order valence-corrected chi connectivity index (χ4v) is 1.74. The number of hydrogen-bond donors (Lipinski definition) is 1. The Labute approximate surface area is 118 Å². The third-order valence-electron chi connectivity index (χ3n) is 2.61. The van der Waals surface area contributed by atoms with Crippen molar-refractivity contribution in [1.82, 2.24) is 9.97 Å². The number of aromatic nitrogens is 2. The second kappa shape index (κ2) is 6.53. The van der Waals surface area contributed by atoms with Gasteiger partial charge in [0.15, 0.2) is 0 Å². The fraction of sp³-hybridized carbons (Fsp3) is 0.267. The molecule has 0 radical (unpaired) electrons. The van der Waals surface area contributed by atoms with Crippen LogP contribution in [0.2, 0.25) is 0 Å². The van der Waals surface area contributed by atoms with E-state index in [0.717, 1.165) is 17.0 Å². The summed E-state index contributed by atoms with van der Waals surface area (Å²) in [4.78, 5) is 8.28. The Kier molecular flexibility index (Phi) is 4.51. The first-order chi connectivity index (χ1) is 9.67. The van der Waals surface area contributed by atoms with E-state index in [1.54, 1.807) is 6.07 Å². The Morgan fingerprint density at radius 2 is 2.10 bits per heavy atom. The number of ether oxygens (including phenoxy) is 1. The number of rotatable bonds is 5. The van der Waals surface area contributed by atoms with Crippen LogP contribution in [0.4, 0.5) is 5.95 Å². The zero-order chi connectivity index (χ0) is 14.4. The van der Waals surface area contributed by atoms with Crippen molar-refractivity contribution < 1.29 is 4.74 Å². The average molecular weight is 268 g/mol. The van der Waals surface area contributed by atoms with Gasteiger partial charge < -0.3 is 10.1 Å². The first-order valence-electron chi connectivity index (χ1n) is 6.36. The molecule has 5 heteroatoms. The maximum atomic E-state index is 8.84. The van der Waals surface area contributed by atoms with E-state index in [9.17, 15) is 0 Å². The molecule has 0 aliphatic heterocycles. The molecule has 0 atom stereocenters. The second-order valence-corrected chi connectivity index (χ2v) is 4.42. The number of hydrogen-bond acceptors (Lipinski definition) is 5. The highest BCUT2D eigenvalue weighted by Gasteiger charge is 2.01. The number of anilines is 1. The van der Waals surface area contributed by atoms with Gasteiger partial charge in [-0.15, -0.1) is 0 Å². The highest BCUT2D eigenvalue weighted by molar-refractivity contribution is 5.33. The normalized spacial score (nSPS) is 9.85. The molecule has 0 bridgehead atoms. The van der Waals surface area contributed by atoms with Gasteiger partial charge in [-0.3, -0.25) is 0 Å². The fourth-order valence-electron chi connectivity index (χ4n) is 1.74. The largest absolute Gasteiger partial charge is 0.492 e. The lowest BCUT2D eigenvalue weighted by atomic mass is 10.2. The standard InChI is InChI=1S/C15H16N4O/c1-11-4-3-5-14(8-11)20-7-6-17-15-18-12(2)9-13(10-16)19-15/h3-5,8-9H,6-7H2,1-2H3,(H,17,18,19). The first-order valence-corrected chi connectivity index (χ1v) is 6.36. The van der Waals surface area contributed by atoms with Crippen LogP contribution in [0.3, 0.4) is 0 Å². The Morgan fingerprint density at radius 1 is 1.25 bits per heavy atom. The number of nitriles is 1. The van der Waals surface area contributed by atoms with Crippen LogP contribution in [0.15, 0.2) is 30.3 Å². The molecule has 0 aliphatic carbocycles. The van der Waals surface area contributed by atoms with Gasteiger partial charge >= 0.3 is 0 Å². The van der Waals surface area contributed by atoms with Crippen molar-refractivity contribution in [3.8, 4) is 11.8 Å². The monoisotopic (exact) mass is 268 g/mol. The topological polar surface area (TPSA) is 70.8 Å². The molecule has 20 heavy (non-hydrogen) atoms. The van der Waals surface area contributed by atoms with Crippen LogP contribution in [0.5, 0.6) is 5.75 Å². The zero-order valence-electron chi connectivity index (χ0n) is 11.6. The molecule has 102 valence electrons. The Bertz CT molecular complexity index is 634. The number of nitrogens with one attached hydrogen (secondary N) is 1. The molecule has 0 fully saturated rings. The summed E-state index contributed by atoms with van der Waals surface area (Å²) in [5, 5.41) is 11.9. The lowest BCUT2D eigenvalue weighted by Gasteiger charge is -2.08. The molecule has 0 saturated heterocycles. The summed E-state index contributed by atoms with van der Waals surface area (Å²) >= 11 is 0. The zero-order valence-corrected chi connectivity index (χ0v) is 11.6. The minimum atomic E-state index is 0.361. The minimum Gasteiger partial charge on any atom is -0.492 e. The molecule has 2 rings (SSSR count). The summed E-state index contributed by atoms with van der Waals surface area (Å²) < 4.78 is 5.61. The Hall–Kier alpha value is -2.61. The second-order valence-electron chi connectivity index (χ2n) is 4.42. The minimum absolute atomic E-state index is 0.361. The molecule has 1 N–H and O–H groups in total. The molecule has 0 aliphatic rings. The summed E-state index contributed by atoms with van der Waals surface area (Å²) in [6, 6.07) is 11.5. The first kappa shape index (κ1) is 13.8. The van der Waals surface area contributed by atoms with E-state index in [4.69, 9.17) is 10.00 Å². The highest BCUT2D eigenvalue weighted by Crippen LogP contribution is 2.12. The van der Waals surface area contributed by atoms with Gasteiger partial charge in [-0.05, 0) is 37.6 Å². The van der Waals surface area contributed by atoms with Gasteiger partial charge in [0.25, 0.3) is 0 Å². The van der Waals surface area contributed by atoms with Crippen LogP contribution in [0, 0.1) is 25.2 Å². The predicted molar refractivity (Wildman–Crippen MR) is 76.6 cm³/mol. The van der Waals surface area contributed by atoms with Crippen molar-refractivity contribution in [2.75, 3.05) is 18.5 Å². The summed E-state index contributed by atoms with van der Waals surface area (Å²) in [6.07, 6.45) is 0. The Morgan fingerprint density at radius 3 is 2.85 bits per heavy atom. The third kappa shape index (κ3) is 3.95. The molecule has 1 aromatic heterocycles. The van der Waals surface area contributed by atoms with Crippen molar-refractivity contribution in [2.24, 2.45) is 0 Å². The number of nitrogens with zero attached hydrogens (tertiary/aromatic N) is 3. The molecule has 5 nitrogen and oxygen atoms in total. The van der Waals surface area contributed by atoms with E-state index in [1.165, 1.54) is 0 Å². The summed E-state index contributed by atoms with van der Waals surface area (Å²) in [6.45, 7) is 4.93. The molecular weight excluding hydrogens is 252 g/mol. The third-order valence-corrected chi connectivity index (χ3v) is 2.61. The maximum Gasteiger partial charge on any atom is 0.224 e. The number of benzene rings is 1. The molecule has 2 aromatic rings. The van der Waals surface area contributed by atoms with Crippen molar-refractivity contribution >= 4 is 5.95 Å². The van der Waals surface area contributed by atoms with Gasteiger partial charge in [0.05, 0.1) is 6.54 Å². The van der Waals surface area contributed by atoms with Gasteiger partial charge in [0, 0.05) is 5.69 Å². The van der Waals surface area contributed by atoms with Crippen LogP contribution in [-0.2, 0) is 0 Å². The Balaban J connectivity index is 1.84. The van der Waals surface area contributed by atoms with E-state index in [1.807, 2.05) is 44.2 Å². The molecule has 1 heterocycles. The van der Waals surface area contributed by atoms with E-state index >= 15 is 0 Å².